The molecule has 0 radical (unpaired) electrons. The maximum atomic E-state index is 4.42. The number of hydrogen-bond donors (Lipinski definition) is 0. The van der Waals surface area contributed by atoms with Crippen LogP contribution in [0.3, 0.4) is 0 Å². The molecule has 0 aliphatic heterocycles. The summed E-state index contributed by atoms with van der Waals surface area (Å²) in [5.41, 5.74) is 3.08. The summed E-state index contributed by atoms with van der Waals surface area (Å²) in [6.07, 6.45) is 8.24. The van der Waals surface area contributed by atoms with E-state index in [0.29, 0.717) is 0 Å². The third-order valence-electron chi connectivity index (χ3n) is 3.23. The Morgan fingerprint density at radius 1 is 0.654 bits per heavy atom. The van der Waals surface area contributed by atoms with Gasteiger partial charge in [0, 0.05) is 23.8 Å². The predicted octanol–water partition coefficient (Wildman–Crippen LogP) is 8.11. The van der Waals surface area contributed by atoms with Gasteiger partial charge in [0.05, 0.1) is 0 Å². The topological polar surface area (TPSA) is 24.7 Å². The minimum absolute atomic E-state index is 0.174. The predicted molar refractivity (Wildman–Crippen MR) is 122 cm³/mol. The number of aliphatic imine (C=N–C) groups is 2. The van der Waals surface area contributed by atoms with Crippen molar-refractivity contribution in [3.8, 4) is 0 Å². The molecule has 0 saturated heterocycles. The lowest BCUT2D eigenvalue weighted by atomic mass is 9.91. The van der Waals surface area contributed by atoms with E-state index < -0.39 is 0 Å². The molecule has 0 rings (SSSR count). The third kappa shape index (κ3) is 20.9. The fourth-order valence-electron chi connectivity index (χ4n) is 1.53. The van der Waals surface area contributed by atoms with E-state index in [1.807, 2.05) is 19.3 Å². The van der Waals surface area contributed by atoms with Gasteiger partial charge in [0.2, 0.25) is 0 Å². The highest BCUT2D eigenvalue weighted by Gasteiger charge is 2.13. The summed E-state index contributed by atoms with van der Waals surface area (Å²) in [5.74, 6) is 0. The fourth-order valence-corrected chi connectivity index (χ4v) is 1.53. The van der Waals surface area contributed by atoms with Gasteiger partial charge in [-0.2, -0.15) is 0 Å². The first kappa shape index (κ1) is 27.0. The molecule has 0 unspecified atom stereocenters. The van der Waals surface area contributed by atoms with E-state index in [2.05, 4.69) is 112 Å². The average Bonchev–Trinajstić information content (AvgIpc) is 2.31. The first-order valence-corrected chi connectivity index (χ1v) is 9.70. The van der Waals surface area contributed by atoms with E-state index in [-0.39, 0.29) is 21.7 Å². The second kappa shape index (κ2) is 10.2. The summed E-state index contributed by atoms with van der Waals surface area (Å²) < 4.78 is 0. The largest absolute Gasteiger partial charge is 0.266 e. The summed E-state index contributed by atoms with van der Waals surface area (Å²) in [5, 5.41) is 0. The van der Waals surface area contributed by atoms with E-state index in [1.54, 1.807) is 0 Å². The van der Waals surface area contributed by atoms with Crippen molar-refractivity contribution in [1.82, 2.24) is 0 Å². The van der Waals surface area contributed by atoms with Gasteiger partial charge >= 0.3 is 0 Å². The van der Waals surface area contributed by atoms with Gasteiger partial charge in [0.1, 0.15) is 0 Å². The second-order valence-electron chi connectivity index (χ2n) is 11.4. The molecule has 152 valence electrons. The molecule has 0 spiro atoms. The van der Waals surface area contributed by atoms with Gasteiger partial charge in [0.15, 0.2) is 0 Å². The van der Waals surface area contributed by atoms with Gasteiger partial charge in [-0.05, 0) is 35.5 Å². The SMILES string of the molecule is C/C(=C/C(C)(C)C)N=CC(C)(C)C.CC(=N/C=C\C(C)(C)C)C(C)(C)C. The summed E-state index contributed by atoms with van der Waals surface area (Å²) in [4.78, 5) is 8.83. The van der Waals surface area contributed by atoms with Crippen LogP contribution in [0.4, 0.5) is 0 Å². The van der Waals surface area contributed by atoms with Gasteiger partial charge in [-0.15, -0.1) is 0 Å². The van der Waals surface area contributed by atoms with E-state index in [4.69, 9.17) is 0 Å². The first-order valence-electron chi connectivity index (χ1n) is 9.70. The molecule has 2 nitrogen and oxygen atoms in total. The highest BCUT2D eigenvalue weighted by atomic mass is 14.7. The molecule has 0 atom stereocenters. The van der Waals surface area contributed by atoms with Crippen LogP contribution in [0.5, 0.6) is 0 Å². The molecule has 0 saturated carbocycles. The standard InChI is InChI=1S/2C12H23N/c1-10(8-11(2,3)4)13-9-12(5,6)7;1-10(12(5,6)7)13-9-8-11(2,3)4/h2*8-9H,1-7H3/b10-8-,13-9?;9-8-,13-10?. The lowest BCUT2D eigenvalue weighted by molar-refractivity contribution is 0.539. The molecule has 0 amide bonds. The lowest BCUT2D eigenvalue weighted by Gasteiger charge is -2.17. The zero-order valence-electron chi connectivity index (χ0n) is 20.2. The Bertz CT molecular complexity index is 517. The highest BCUT2D eigenvalue weighted by Crippen LogP contribution is 2.19. The normalized spacial score (nSPS) is 15.5. The zero-order chi connectivity index (χ0) is 21.4. The van der Waals surface area contributed by atoms with Crippen LogP contribution < -0.4 is 0 Å². The van der Waals surface area contributed by atoms with Crippen molar-refractivity contribution in [2.75, 3.05) is 0 Å². The monoisotopic (exact) mass is 362 g/mol. The minimum atomic E-state index is 0.174. The van der Waals surface area contributed by atoms with Crippen LogP contribution in [-0.2, 0) is 0 Å². The van der Waals surface area contributed by atoms with Crippen molar-refractivity contribution in [3.63, 3.8) is 0 Å². The van der Waals surface area contributed by atoms with Crippen molar-refractivity contribution in [1.29, 1.82) is 0 Å². The number of nitrogens with zero attached hydrogens (tertiary/aromatic N) is 2. The van der Waals surface area contributed by atoms with E-state index in [1.165, 1.54) is 5.71 Å². The van der Waals surface area contributed by atoms with Crippen LogP contribution in [0.2, 0.25) is 0 Å². The molecule has 0 aromatic carbocycles. The minimum Gasteiger partial charge on any atom is -0.266 e. The molecule has 0 heterocycles. The molecule has 26 heavy (non-hydrogen) atoms. The van der Waals surface area contributed by atoms with Crippen LogP contribution in [0.1, 0.15) is 96.9 Å². The van der Waals surface area contributed by atoms with E-state index in [9.17, 15) is 0 Å². The Kier molecular flexibility index (Phi) is 10.6. The molecule has 0 aromatic heterocycles. The Morgan fingerprint density at radius 2 is 1.12 bits per heavy atom. The number of rotatable bonds is 2. The maximum Gasteiger partial charge on any atom is 0.0334 e. The van der Waals surface area contributed by atoms with Gasteiger partial charge < -0.3 is 0 Å². The Hall–Kier alpha value is -1.18. The second-order valence-corrected chi connectivity index (χ2v) is 11.4. The number of allylic oxidation sites excluding steroid dienone is 3. The molecule has 0 aliphatic carbocycles. The van der Waals surface area contributed by atoms with Crippen LogP contribution in [0, 0.1) is 21.7 Å². The highest BCUT2D eigenvalue weighted by molar-refractivity contribution is 5.87. The molecular weight excluding hydrogens is 316 g/mol. The Balaban J connectivity index is 0. The molecule has 0 fully saturated rings. The van der Waals surface area contributed by atoms with Crippen LogP contribution in [0.15, 0.2) is 34.0 Å². The quantitative estimate of drug-likeness (QED) is 0.443. The molecule has 2 heteroatoms. The van der Waals surface area contributed by atoms with Gasteiger partial charge in [-0.25, -0.2) is 0 Å². The van der Waals surface area contributed by atoms with Crippen molar-refractivity contribution in [2.45, 2.75) is 96.9 Å². The Labute approximate surface area is 165 Å². The smallest absolute Gasteiger partial charge is 0.0334 e. The fraction of sp³-hybridized carbons (Fsp3) is 0.750. The van der Waals surface area contributed by atoms with Gasteiger partial charge in [0.25, 0.3) is 0 Å². The number of hydrogen-bond acceptors (Lipinski definition) is 2. The Morgan fingerprint density at radius 3 is 1.42 bits per heavy atom. The van der Waals surface area contributed by atoms with Crippen LogP contribution >= 0.6 is 0 Å². The molecule has 0 aliphatic rings. The molecule has 0 bridgehead atoms. The lowest BCUT2D eigenvalue weighted by Crippen LogP contribution is -2.16. The van der Waals surface area contributed by atoms with Crippen LogP contribution in [-0.4, -0.2) is 11.9 Å². The molecule has 0 aromatic rings. The molecular formula is C24H46N2. The van der Waals surface area contributed by atoms with E-state index in [0.717, 1.165) is 5.70 Å². The van der Waals surface area contributed by atoms with Gasteiger partial charge in [-0.3, -0.25) is 9.98 Å². The maximum absolute atomic E-state index is 4.42. The first-order chi connectivity index (χ1) is 11.2. The van der Waals surface area contributed by atoms with E-state index >= 15 is 0 Å². The summed E-state index contributed by atoms with van der Waals surface area (Å²) in [6, 6.07) is 0. The summed E-state index contributed by atoms with van der Waals surface area (Å²) in [7, 11) is 0. The van der Waals surface area contributed by atoms with Crippen LogP contribution in [0.25, 0.3) is 0 Å². The van der Waals surface area contributed by atoms with Crippen molar-refractivity contribution >= 4 is 11.9 Å². The van der Waals surface area contributed by atoms with Gasteiger partial charge in [-0.1, -0.05) is 95.2 Å². The summed E-state index contributed by atoms with van der Waals surface area (Å²) >= 11 is 0. The average molecular weight is 363 g/mol. The van der Waals surface area contributed by atoms with Crippen molar-refractivity contribution in [2.24, 2.45) is 31.6 Å². The zero-order valence-corrected chi connectivity index (χ0v) is 20.2. The van der Waals surface area contributed by atoms with Crippen molar-refractivity contribution < 1.29 is 0 Å². The molecule has 0 N–H and O–H groups in total. The van der Waals surface area contributed by atoms with Crippen molar-refractivity contribution in [3.05, 3.63) is 24.0 Å². The third-order valence-corrected chi connectivity index (χ3v) is 3.23. The summed E-state index contributed by atoms with van der Waals surface area (Å²) in [6.45, 7) is 30.2.